The monoisotopic (exact) mass is 166 g/mol. The Morgan fingerprint density at radius 3 is 3.25 bits per heavy atom. The first-order valence-electron chi connectivity index (χ1n) is 4.38. The van der Waals surface area contributed by atoms with Gasteiger partial charge in [-0.05, 0) is 13.0 Å². The van der Waals surface area contributed by atoms with Crippen molar-refractivity contribution in [1.29, 1.82) is 0 Å². The number of hydrogen-bond acceptors (Lipinski definition) is 3. The van der Waals surface area contributed by atoms with E-state index in [4.69, 9.17) is 4.42 Å². The molecule has 0 aromatic carbocycles. The molecule has 2 rings (SSSR count). The van der Waals surface area contributed by atoms with Crippen LogP contribution in [0.4, 0.5) is 5.88 Å². The molecule has 1 aliphatic heterocycles. The number of piperazine rings is 1. The van der Waals surface area contributed by atoms with Gasteiger partial charge < -0.3 is 14.6 Å². The zero-order valence-electron chi connectivity index (χ0n) is 7.29. The van der Waals surface area contributed by atoms with Crippen molar-refractivity contribution in [3.63, 3.8) is 0 Å². The van der Waals surface area contributed by atoms with Gasteiger partial charge in [-0.15, -0.1) is 0 Å². The van der Waals surface area contributed by atoms with E-state index in [1.54, 1.807) is 6.26 Å². The van der Waals surface area contributed by atoms with Gasteiger partial charge in [0.25, 0.3) is 0 Å². The number of anilines is 1. The van der Waals surface area contributed by atoms with Crippen molar-refractivity contribution in [2.24, 2.45) is 0 Å². The highest BCUT2D eigenvalue weighted by Gasteiger charge is 2.16. The van der Waals surface area contributed by atoms with E-state index in [2.05, 4.69) is 17.1 Å². The number of nitrogens with zero attached hydrogens (tertiary/aromatic N) is 1. The fourth-order valence-corrected chi connectivity index (χ4v) is 1.58. The second-order valence-electron chi connectivity index (χ2n) is 3.25. The Hall–Kier alpha value is -0.960. The fourth-order valence-electron chi connectivity index (χ4n) is 1.58. The maximum absolute atomic E-state index is 5.32. The van der Waals surface area contributed by atoms with Crippen molar-refractivity contribution in [2.75, 3.05) is 24.5 Å². The molecule has 1 fully saturated rings. The van der Waals surface area contributed by atoms with Crippen molar-refractivity contribution in [2.45, 2.75) is 13.0 Å². The fraction of sp³-hybridized carbons (Fsp3) is 0.556. The molecule has 3 heteroatoms. The third-order valence-electron chi connectivity index (χ3n) is 2.19. The van der Waals surface area contributed by atoms with E-state index in [9.17, 15) is 0 Å². The summed E-state index contributed by atoms with van der Waals surface area (Å²) in [4.78, 5) is 2.27. The largest absolute Gasteiger partial charge is 0.449 e. The molecule has 1 atom stereocenters. The maximum Gasteiger partial charge on any atom is 0.195 e. The summed E-state index contributed by atoms with van der Waals surface area (Å²) in [6, 6.07) is 4.50. The highest BCUT2D eigenvalue weighted by Crippen LogP contribution is 2.15. The van der Waals surface area contributed by atoms with Gasteiger partial charge in [0.2, 0.25) is 0 Å². The lowest BCUT2D eigenvalue weighted by atomic mass is 10.2. The normalized spacial score (nSPS) is 24.4. The van der Waals surface area contributed by atoms with Crippen LogP contribution in [0.5, 0.6) is 0 Å². The Bertz CT molecular complexity index is 233. The summed E-state index contributed by atoms with van der Waals surface area (Å²) >= 11 is 0. The molecule has 0 amide bonds. The van der Waals surface area contributed by atoms with Gasteiger partial charge in [0.05, 0.1) is 6.26 Å². The molecule has 1 aromatic heterocycles. The summed E-state index contributed by atoms with van der Waals surface area (Å²) < 4.78 is 5.32. The van der Waals surface area contributed by atoms with Crippen LogP contribution in [0.2, 0.25) is 0 Å². The molecule has 1 aliphatic rings. The van der Waals surface area contributed by atoms with Crippen molar-refractivity contribution in [1.82, 2.24) is 5.32 Å². The van der Waals surface area contributed by atoms with Crippen molar-refractivity contribution in [3.05, 3.63) is 18.4 Å². The van der Waals surface area contributed by atoms with Gasteiger partial charge in [0, 0.05) is 31.7 Å². The molecular weight excluding hydrogens is 152 g/mol. The molecule has 3 nitrogen and oxygen atoms in total. The van der Waals surface area contributed by atoms with Crippen molar-refractivity contribution >= 4 is 5.88 Å². The SMILES string of the molecule is CC1CN(c2ccco2)CCN1. The molecule has 2 heterocycles. The molecule has 12 heavy (non-hydrogen) atoms. The van der Waals surface area contributed by atoms with Crippen LogP contribution < -0.4 is 10.2 Å². The number of rotatable bonds is 1. The Balaban J connectivity index is 2.04. The van der Waals surface area contributed by atoms with Gasteiger partial charge in [0.15, 0.2) is 5.88 Å². The van der Waals surface area contributed by atoms with Crippen LogP contribution >= 0.6 is 0 Å². The van der Waals surface area contributed by atoms with E-state index < -0.39 is 0 Å². The Morgan fingerprint density at radius 1 is 1.67 bits per heavy atom. The molecule has 0 aliphatic carbocycles. The highest BCUT2D eigenvalue weighted by atomic mass is 16.3. The zero-order valence-corrected chi connectivity index (χ0v) is 7.29. The first kappa shape index (κ1) is 7.68. The molecule has 0 bridgehead atoms. The van der Waals surface area contributed by atoms with E-state index in [0.717, 1.165) is 25.5 Å². The van der Waals surface area contributed by atoms with Crippen LogP contribution in [0.25, 0.3) is 0 Å². The van der Waals surface area contributed by atoms with E-state index >= 15 is 0 Å². The van der Waals surface area contributed by atoms with Crippen LogP contribution in [0.1, 0.15) is 6.92 Å². The van der Waals surface area contributed by atoms with Crippen LogP contribution in [-0.4, -0.2) is 25.7 Å². The third kappa shape index (κ3) is 1.46. The summed E-state index contributed by atoms with van der Waals surface area (Å²) in [5, 5.41) is 3.39. The quantitative estimate of drug-likeness (QED) is 0.676. The minimum absolute atomic E-state index is 0.559. The molecular formula is C9H14N2O. The van der Waals surface area contributed by atoms with Gasteiger partial charge >= 0.3 is 0 Å². The molecule has 1 N–H and O–H groups in total. The second-order valence-corrected chi connectivity index (χ2v) is 3.25. The average Bonchev–Trinajstić information content (AvgIpc) is 2.56. The molecule has 1 aromatic rings. The van der Waals surface area contributed by atoms with E-state index in [0.29, 0.717) is 6.04 Å². The van der Waals surface area contributed by atoms with Gasteiger partial charge in [-0.2, -0.15) is 0 Å². The molecule has 0 spiro atoms. The minimum atomic E-state index is 0.559. The van der Waals surface area contributed by atoms with Crippen LogP contribution in [0.3, 0.4) is 0 Å². The molecule has 1 saturated heterocycles. The van der Waals surface area contributed by atoms with Gasteiger partial charge in [-0.25, -0.2) is 0 Å². The lowest BCUT2D eigenvalue weighted by Crippen LogP contribution is -2.49. The second kappa shape index (κ2) is 3.19. The number of nitrogens with one attached hydrogen (secondary N) is 1. The zero-order chi connectivity index (χ0) is 8.39. The van der Waals surface area contributed by atoms with Gasteiger partial charge in [-0.1, -0.05) is 0 Å². The van der Waals surface area contributed by atoms with Crippen LogP contribution in [0.15, 0.2) is 22.8 Å². The van der Waals surface area contributed by atoms with Gasteiger partial charge in [-0.3, -0.25) is 0 Å². The highest BCUT2D eigenvalue weighted by molar-refractivity contribution is 5.35. The lowest BCUT2D eigenvalue weighted by Gasteiger charge is -2.31. The first-order chi connectivity index (χ1) is 5.86. The molecule has 66 valence electrons. The Morgan fingerprint density at radius 2 is 2.58 bits per heavy atom. The van der Waals surface area contributed by atoms with Crippen LogP contribution in [-0.2, 0) is 0 Å². The Kier molecular flexibility index (Phi) is 2.04. The Labute approximate surface area is 72.4 Å². The molecule has 0 saturated carbocycles. The summed E-state index contributed by atoms with van der Waals surface area (Å²) in [6.45, 7) is 5.31. The third-order valence-corrected chi connectivity index (χ3v) is 2.19. The van der Waals surface area contributed by atoms with E-state index in [1.807, 2.05) is 12.1 Å². The lowest BCUT2D eigenvalue weighted by molar-refractivity contribution is 0.451. The standard InChI is InChI=1S/C9H14N2O/c1-8-7-11(5-4-10-8)9-3-2-6-12-9/h2-3,6,8,10H,4-5,7H2,1H3. The predicted octanol–water partition coefficient (Wildman–Crippen LogP) is 1.08. The molecule has 1 unspecified atom stereocenters. The smallest absolute Gasteiger partial charge is 0.195 e. The van der Waals surface area contributed by atoms with E-state index in [-0.39, 0.29) is 0 Å². The summed E-state index contributed by atoms with van der Waals surface area (Å²) in [6.07, 6.45) is 1.72. The summed E-state index contributed by atoms with van der Waals surface area (Å²) in [5.74, 6) is 0.989. The minimum Gasteiger partial charge on any atom is -0.449 e. The molecule has 0 radical (unpaired) electrons. The van der Waals surface area contributed by atoms with E-state index in [1.165, 1.54) is 0 Å². The van der Waals surface area contributed by atoms with Crippen molar-refractivity contribution in [3.8, 4) is 0 Å². The topological polar surface area (TPSA) is 28.4 Å². The maximum atomic E-state index is 5.32. The summed E-state index contributed by atoms with van der Waals surface area (Å²) in [5.41, 5.74) is 0. The summed E-state index contributed by atoms with van der Waals surface area (Å²) in [7, 11) is 0. The number of hydrogen-bond donors (Lipinski definition) is 1. The van der Waals surface area contributed by atoms with Crippen molar-refractivity contribution < 1.29 is 4.42 Å². The van der Waals surface area contributed by atoms with Crippen LogP contribution in [0, 0.1) is 0 Å². The number of furan rings is 1. The first-order valence-corrected chi connectivity index (χ1v) is 4.38. The van der Waals surface area contributed by atoms with Gasteiger partial charge in [0.1, 0.15) is 0 Å². The average molecular weight is 166 g/mol. The predicted molar refractivity (Wildman–Crippen MR) is 48.4 cm³/mol.